The first kappa shape index (κ1) is 28.9. The average molecular weight is 427 g/mol. The lowest BCUT2D eigenvalue weighted by Crippen LogP contribution is -2.12. The van der Waals surface area contributed by atoms with Crippen LogP contribution < -0.4 is 0 Å². The molecule has 0 N–H and O–H groups in total. The monoisotopic (exact) mass is 426 g/mol. The third kappa shape index (κ3) is 20.2. The van der Waals surface area contributed by atoms with Crippen molar-refractivity contribution in [3.05, 3.63) is 0 Å². The fourth-order valence-corrected chi connectivity index (χ4v) is 3.81. The van der Waals surface area contributed by atoms with Gasteiger partial charge in [-0.2, -0.15) is 0 Å². The van der Waals surface area contributed by atoms with Crippen molar-refractivity contribution in [1.29, 1.82) is 0 Å². The van der Waals surface area contributed by atoms with E-state index in [1.807, 2.05) is 27.7 Å². The number of rotatable bonds is 20. The predicted octanol–water partition coefficient (Wildman–Crippen LogP) is 7.77. The summed E-state index contributed by atoms with van der Waals surface area (Å²) in [5, 5.41) is 0. The van der Waals surface area contributed by atoms with Crippen LogP contribution in [0.3, 0.4) is 0 Å². The lowest BCUT2D eigenvalue weighted by molar-refractivity contribution is -0.148. The molecule has 0 aliphatic rings. The second-order valence-corrected chi connectivity index (χ2v) is 9.32. The SMILES string of the molecule is CCC(CCCCCCCCCCCCCC(=O)OC(C)C)CCC(=O)OC(C)C. The third-order valence-electron chi connectivity index (χ3n) is 5.56. The maximum atomic E-state index is 11.7. The molecule has 0 rings (SSSR count). The van der Waals surface area contributed by atoms with E-state index < -0.39 is 0 Å². The van der Waals surface area contributed by atoms with E-state index in [1.165, 1.54) is 64.2 Å². The smallest absolute Gasteiger partial charge is 0.306 e. The molecule has 0 aromatic heterocycles. The zero-order chi connectivity index (χ0) is 22.6. The van der Waals surface area contributed by atoms with Gasteiger partial charge in [0.1, 0.15) is 0 Å². The van der Waals surface area contributed by atoms with Crippen LogP contribution in [0, 0.1) is 5.92 Å². The van der Waals surface area contributed by atoms with Crippen molar-refractivity contribution in [2.45, 2.75) is 150 Å². The molecule has 0 heterocycles. The summed E-state index contributed by atoms with van der Waals surface area (Å²) >= 11 is 0. The molecule has 30 heavy (non-hydrogen) atoms. The van der Waals surface area contributed by atoms with E-state index in [0.29, 0.717) is 18.8 Å². The predicted molar refractivity (Wildman–Crippen MR) is 125 cm³/mol. The summed E-state index contributed by atoms with van der Waals surface area (Å²) in [5.74, 6) is 0.568. The molecule has 4 nitrogen and oxygen atoms in total. The molecular formula is C26H50O4. The standard InChI is InChI=1S/C26H50O4/c1-6-24(20-21-26(28)30-23(4)5)18-16-14-12-10-8-7-9-11-13-15-17-19-25(27)29-22(2)3/h22-24H,6-21H2,1-5H3. The number of carbonyl (C=O) groups is 2. The van der Waals surface area contributed by atoms with Crippen molar-refractivity contribution in [2.75, 3.05) is 0 Å². The first-order valence-corrected chi connectivity index (χ1v) is 12.7. The Labute approximate surface area is 186 Å². The van der Waals surface area contributed by atoms with Crippen molar-refractivity contribution >= 4 is 11.9 Å². The number of carbonyl (C=O) groups excluding carboxylic acids is 2. The molecule has 1 unspecified atom stereocenters. The van der Waals surface area contributed by atoms with Gasteiger partial charge in [-0.3, -0.25) is 9.59 Å². The molecule has 0 radical (unpaired) electrons. The molecule has 178 valence electrons. The van der Waals surface area contributed by atoms with Crippen molar-refractivity contribution in [1.82, 2.24) is 0 Å². The van der Waals surface area contributed by atoms with Crippen LogP contribution in [-0.4, -0.2) is 24.1 Å². The third-order valence-corrected chi connectivity index (χ3v) is 5.56. The Hall–Kier alpha value is -1.06. The Morgan fingerprint density at radius 3 is 1.40 bits per heavy atom. The molecular weight excluding hydrogens is 376 g/mol. The van der Waals surface area contributed by atoms with E-state index in [4.69, 9.17) is 9.47 Å². The summed E-state index contributed by atoms with van der Waals surface area (Å²) in [7, 11) is 0. The summed E-state index contributed by atoms with van der Waals surface area (Å²) in [5.41, 5.74) is 0. The van der Waals surface area contributed by atoms with Crippen LogP contribution in [0.15, 0.2) is 0 Å². The average Bonchev–Trinajstić information content (AvgIpc) is 2.66. The first-order valence-electron chi connectivity index (χ1n) is 12.7. The topological polar surface area (TPSA) is 52.6 Å². The summed E-state index contributed by atoms with van der Waals surface area (Å²) < 4.78 is 10.4. The van der Waals surface area contributed by atoms with E-state index in [2.05, 4.69) is 6.92 Å². The number of hydrogen-bond acceptors (Lipinski definition) is 4. The van der Waals surface area contributed by atoms with Crippen molar-refractivity contribution in [3.8, 4) is 0 Å². The van der Waals surface area contributed by atoms with E-state index in [0.717, 1.165) is 25.7 Å². The van der Waals surface area contributed by atoms with Gasteiger partial charge < -0.3 is 9.47 Å². The van der Waals surface area contributed by atoms with Gasteiger partial charge in [-0.1, -0.05) is 84.0 Å². The largest absolute Gasteiger partial charge is 0.463 e. The molecule has 0 saturated heterocycles. The normalized spacial score (nSPS) is 12.4. The second-order valence-electron chi connectivity index (χ2n) is 9.32. The van der Waals surface area contributed by atoms with Gasteiger partial charge in [-0.15, -0.1) is 0 Å². The van der Waals surface area contributed by atoms with Crippen LogP contribution >= 0.6 is 0 Å². The van der Waals surface area contributed by atoms with E-state index in [1.54, 1.807) is 0 Å². The molecule has 0 bridgehead atoms. The van der Waals surface area contributed by atoms with Gasteiger partial charge in [0.2, 0.25) is 0 Å². The summed E-state index contributed by atoms with van der Waals surface area (Å²) in [6.45, 7) is 9.84. The van der Waals surface area contributed by atoms with Gasteiger partial charge in [0.15, 0.2) is 0 Å². The summed E-state index contributed by atoms with van der Waals surface area (Å²) in [4.78, 5) is 23.1. The highest BCUT2D eigenvalue weighted by Gasteiger charge is 2.11. The van der Waals surface area contributed by atoms with Gasteiger partial charge in [0.05, 0.1) is 12.2 Å². The zero-order valence-corrected chi connectivity index (χ0v) is 20.7. The number of hydrogen-bond donors (Lipinski definition) is 0. The van der Waals surface area contributed by atoms with E-state index in [-0.39, 0.29) is 24.1 Å². The maximum absolute atomic E-state index is 11.7. The van der Waals surface area contributed by atoms with Crippen LogP contribution in [0.4, 0.5) is 0 Å². The van der Waals surface area contributed by atoms with Gasteiger partial charge in [0, 0.05) is 12.8 Å². The fourth-order valence-electron chi connectivity index (χ4n) is 3.81. The highest BCUT2D eigenvalue weighted by molar-refractivity contribution is 5.69. The van der Waals surface area contributed by atoms with Gasteiger partial charge in [-0.05, 0) is 46.5 Å². The molecule has 0 saturated carbocycles. The lowest BCUT2D eigenvalue weighted by Gasteiger charge is -2.15. The van der Waals surface area contributed by atoms with E-state index >= 15 is 0 Å². The molecule has 0 aromatic rings. The molecule has 0 aliphatic heterocycles. The fraction of sp³-hybridized carbons (Fsp3) is 0.923. The Morgan fingerprint density at radius 1 is 0.567 bits per heavy atom. The minimum Gasteiger partial charge on any atom is -0.463 e. The summed E-state index contributed by atoms with van der Waals surface area (Å²) in [6, 6.07) is 0. The Kier molecular flexibility index (Phi) is 19.2. The first-order chi connectivity index (χ1) is 14.3. The summed E-state index contributed by atoms with van der Waals surface area (Å²) in [6.07, 6.45) is 18.4. The van der Waals surface area contributed by atoms with Crippen LogP contribution in [0.25, 0.3) is 0 Å². The molecule has 4 heteroatoms. The zero-order valence-electron chi connectivity index (χ0n) is 20.7. The maximum Gasteiger partial charge on any atom is 0.306 e. The Bertz CT molecular complexity index is 417. The lowest BCUT2D eigenvalue weighted by atomic mass is 9.93. The molecule has 1 atom stereocenters. The molecule has 0 fully saturated rings. The van der Waals surface area contributed by atoms with E-state index in [9.17, 15) is 9.59 Å². The highest BCUT2D eigenvalue weighted by Crippen LogP contribution is 2.20. The van der Waals surface area contributed by atoms with Gasteiger partial charge in [0.25, 0.3) is 0 Å². The molecule has 0 aromatic carbocycles. The van der Waals surface area contributed by atoms with Crippen LogP contribution in [0.5, 0.6) is 0 Å². The Morgan fingerprint density at radius 2 is 0.967 bits per heavy atom. The number of esters is 2. The van der Waals surface area contributed by atoms with Crippen molar-refractivity contribution in [2.24, 2.45) is 5.92 Å². The van der Waals surface area contributed by atoms with Crippen LogP contribution in [0.2, 0.25) is 0 Å². The quantitative estimate of drug-likeness (QED) is 0.147. The minimum absolute atomic E-state index is 0.00193. The Balaban J connectivity index is 3.40. The second kappa shape index (κ2) is 19.9. The van der Waals surface area contributed by atoms with Crippen LogP contribution in [-0.2, 0) is 19.1 Å². The number of ether oxygens (including phenoxy) is 2. The van der Waals surface area contributed by atoms with Crippen molar-refractivity contribution in [3.63, 3.8) is 0 Å². The number of unbranched alkanes of at least 4 members (excludes halogenated alkanes) is 10. The highest BCUT2D eigenvalue weighted by atomic mass is 16.5. The van der Waals surface area contributed by atoms with Crippen molar-refractivity contribution < 1.29 is 19.1 Å². The molecule has 0 amide bonds. The van der Waals surface area contributed by atoms with Gasteiger partial charge in [-0.25, -0.2) is 0 Å². The van der Waals surface area contributed by atoms with Gasteiger partial charge >= 0.3 is 11.9 Å². The molecule has 0 aliphatic carbocycles. The molecule has 0 spiro atoms. The minimum atomic E-state index is -0.0520. The van der Waals surface area contributed by atoms with Crippen LogP contribution in [0.1, 0.15) is 137 Å².